The van der Waals surface area contributed by atoms with E-state index in [0.29, 0.717) is 30.0 Å². The molecule has 0 N–H and O–H groups in total. The number of hydrogen-bond acceptors (Lipinski definition) is 7. The number of anilines is 1. The third-order valence-corrected chi connectivity index (χ3v) is 6.19. The first kappa shape index (κ1) is 21.8. The van der Waals surface area contributed by atoms with E-state index < -0.39 is 22.1 Å². The van der Waals surface area contributed by atoms with Crippen LogP contribution in [0.4, 0.5) is 15.8 Å². The first-order valence-corrected chi connectivity index (χ1v) is 11.2. The van der Waals surface area contributed by atoms with Gasteiger partial charge in [0.25, 0.3) is 5.69 Å². The summed E-state index contributed by atoms with van der Waals surface area (Å²) in [7, 11) is 0. The highest BCUT2D eigenvalue weighted by molar-refractivity contribution is 7.99. The number of ether oxygens (including phenoxy) is 1. The molecule has 1 aliphatic heterocycles. The predicted molar refractivity (Wildman–Crippen MR) is 122 cm³/mol. The summed E-state index contributed by atoms with van der Waals surface area (Å²) < 4.78 is 20.1. The van der Waals surface area contributed by atoms with Crippen molar-refractivity contribution in [2.24, 2.45) is 0 Å². The van der Waals surface area contributed by atoms with Gasteiger partial charge >= 0.3 is 5.97 Å². The first-order chi connectivity index (χ1) is 15.4. The lowest BCUT2D eigenvalue weighted by molar-refractivity contribution is -0.384. The maximum Gasteiger partial charge on any atom is 0.343 e. The van der Waals surface area contributed by atoms with Crippen LogP contribution in [0.5, 0.6) is 0 Å². The number of esters is 1. The molecule has 4 rings (SSSR count). The second kappa shape index (κ2) is 8.99. The van der Waals surface area contributed by atoms with Gasteiger partial charge in [0, 0.05) is 42.5 Å². The Morgan fingerprint density at radius 1 is 1.22 bits per heavy atom. The van der Waals surface area contributed by atoms with Gasteiger partial charge in [-0.15, -0.1) is 0 Å². The fourth-order valence-electron chi connectivity index (χ4n) is 3.72. The number of halogens is 1. The molecule has 1 aromatic heterocycles. The summed E-state index contributed by atoms with van der Waals surface area (Å²) in [6.45, 7) is 2.96. The quantitative estimate of drug-likeness (QED) is 0.327. The molecule has 0 atom stereocenters. The Morgan fingerprint density at radius 2 is 1.91 bits per heavy atom. The maximum atomic E-state index is 13.5. The van der Waals surface area contributed by atoms with E-state index in [-0.39, 0.29) is 23.2 Å². The molecule has 166 valence electrons. The number of hydrogen-bond donors (Lipinski definition) is 0. The van der Waals surface area contributed by atoms with Gasteiger partial charge in [-0.2, -0.15) is 11.8 Å². The molecule has 1 fully saturated rings. The molecular formula is C22H20FN3O5S. The normalized spacial score (nSPS) is 13.9. The standard InChI is InChI=1S/C22H20FN3O5S/c1-2-31-22(28)17-13-25(15-5-3-14(23)4-6-15)18-12-19(24-7-9-32-10-8-24)20(26(29)30)11-16(18)21(17)27/h3-6,11-13H,2,7-10H2,1H3. The maximum absolute atomic E-state index is 13.5. The molecule has 2 aromatic carbocycles. The number of nitro groups is 1. The fourth-order valence-corrected chi connectivity index (χ4v) is 4.63. The lowest BCUT2D eigenvalue weighted by Gasteiger charge is -2.28. The number of carbonyl (C=O) groups excluding carboxylic acids is 1. The summed E-state index contributed by atoms with van der Waals surface area (Å²) in [6.07, 6.45) is 1.34. The lowest BCUT2D eigenvalue weighted by atomic mass is 10.1. The van der Waals surface area contributed by atoms with E-state index in [4.69, 9.17) is 4.74 Å². The predicted octanol–water partition coefficient (Wildman–Crippen LogP) is 3.77. The molecule has 3 aromatic rings. The Balaban J connectivity index is 2.05. The van der Waals surface area contributed by atoms with Crippen molar-refractivity contribution in [3.8, 4) is 5.69 Å². The van der Waals surface area contributed by atoms with Crippen molar-refractivity contribution >= 4 is 40.0 Å². The minimum Gasteiger partial charge on any atom is -0.462 e. The van der Waals surface area contributed by atoms with E-state index in [1.54, 1.807) is 29.3 Å². The molecule has 1 saturated heterocycles. The number of thioether (sulfide) groups is 1. The highest BCUT2D eigenvalue weighted by Gasteiger charge is 2.26. The van der Waals surface area contributed by atoms with E-state index in [1.807, 2.05) is 4.90 Å². The monoisotopic (exact) mass is 457 g/mol. The van der Waals surface area contributed by atoms with Crippen LogP contribution in [-0.2, 0) is 4.74 Å². The average Bonchev–Trinajstić information content (AvgIpc) is 2.80. The molecule has 0 aliphatic carbocycles. The molecule has 0 radical (unpaired) electrons. The van der Waals surface area contributed by atoms with Gasteiger partial charge in [0.05, 0.1) is 22.4 Å². The number of carbonyl (C=O) groups is 1. The molecule has 0 saturated carbocycles. The van der Waals surface area contributed by atoms with Gasteiger partial charge in [-0.25, -0.2) is 9.18 Å². The molecule has 1 aliphatic rings. The number of rotatable bonds is 5. The van der Waals surface area contributed by atoms with Crippen LogP contribution in [0.2, 0.25) is 0 Å². The summed E-state index contributed by atoms with van der Waals surface area (Å²) in [5.74, 6) is 0.408. The minimum atomic E-state index is -0.824. The van der Waals surface area contributed by atoms with Crippen LogP contribution in [0.3, 0.4) is 0 Å². The third-order valence-electron chi connectivity index (χ3n) is 5.25. The van der Waals surface area contributed by atoms with Gasteiger partial charge in [-0.05, 0) is 37.3 Å². The van der Waals surface area contributed by atoms with Crippen LogP contribution >= 0.6 is 11.8 Å². The van der Waals surface area contributed by atoms with E-state index in [9.17, 15) is 24.1 Å². The highest BCUT2D eigenvalue weighted by atomic mass is 32.2. The van der Waals surface area contributed by atoms with Gasteiger partial charge in [0.1, 0.15) is 17.1 Å². The van der Waals surface area contributed by atoms with E-state index in [2.05, 4.69) is 0 Å². The highest BCUT2D eigenvalue weighted by Crippen LogP contribution is 2.34. The van der Waals surface area contributed by atoms with Gasteiger partial charge in [-0.3, -0.25) is 14.9 Å². The second-order valence-electron chi connectivity index (χ2n) is 7.15. The van der Waals surface area contributed by atoms with Gasteiger partial charge in [0.15, 0.2) is 0 Å². The molecule has 32 heavy (non-hydrogen) atoms. The smallest absolute Gasteiger partial charge is 0.343 e. The van der Waals surface area contributed by atoms with E-state index in [0.717, 1.165) is 11.5 Å². The Labute approximate surface area is 186 Å². The number of benzene rings is 2. The summed E-state index contributed by atoms with van der Waals surface area (Å²) in [5, 5.41) is 11.9. The summed E-state index contributed by atoms with van der Waals surface area (Å²) >= 11 is 1.77. The van der Waals surface area contributed by atoms with Crippen molar-refractivity contribution in [3.63, 3.8) is 0 Å². The van der Waals surface area contributed by atoms with Crippen LogP contribution in [0, 0.1) is 15.9 Å². The molecule has 0 spiro atoms. The van der Waals surface area contributed by atoms with Crippen LogP contribution in [-0.4, -0.2) is 46.7 Å². The van der Waals surface area contributed by atoms with Crippen molar-refractivity contribution in [1.29, 1.82) is 0 Å². The number of pyridine rings is 1. The summed E-state index contributed by atoms with van der Waals surface area (Å²) in [6, 6.07) is 8.36. The fraction of sp³-hybridized carbons (Fsp3) is 0.273. The average molecular weight is 457 g/mol. The lowest BCUT2D eigenvalue weighted by Crippen LogP contribution is -2.33. The van der Waals surface area contributed by atoms with Crippen LogP contribution in [0.1, 0.15) is 17.3 Å². The van der Waals surface area contributed by atoms with Crippen molar-refractivity contribution in [1.82, 2.24) is 4.57 Å². The zero-order chi connectivity index (χ0) is 22.8. The van der Waals surface area contributed by atoms with Crippen molar-refractivity contribution < 1.29 is 18.8 Å². The van der Waals surface area contributed by atoms with Gasteiger partial charge in [0.2, 0.25) is 5.43 Å². The second-order valence-corrected chi connectivity index (χ2v) is 8.38. The number of fused-ring (bicyclic) bond motifs is 1. The Hall–Kier alpha value is -3.40. The van der Waals surface area contributed by atoms with Crippen LogP contribution < -0.4 is 10.3 Å². The molecule has 0 amide bonds. The SMILES string of the molecule is CCOC(=O)c1cn(-c2ccc(F)cc2)c2cc(N3CCSCC3)c([N+](=O)[O-])cc2c1=O. The van der Waals surface area contributed by atoms with Crippen molar-refractivity contribution in [2.45, 2.75) is 6.92 Å². The minimum absolute atomic E-state index is 0.0155. The zero-order valence-electron chi connectivity index (χ0n) is 17.2. The Kier molecular flexibility index (Phi) is 6.13. The van der Waals surface area contributed by atoms with Crippen molar-refractivity contribution in [2.75, 3.05) is 36.1 Å². The van der Waals surface area contributed by atoms with E-state index in [1.165, 1.54) is 36.5 Å². The number of nitrogens with zero attached hydrogens (tertiary/aromatic N) is 3. The van der Waals surface area contributed by atoms with Gasteiger partial charge < -0.3 is 14.2 Å². The zero-order valence-corrected chi connectivity index (χ0v) is 18.1. The van der Waals surface area contributed by atoms with Gasteiger partial charge in [-0.1, -0.05) is 0 Å². The van der Waals surface area contributed by atoms with Crippen LogP contribution in [0.25, 0.3) is 16.6 Å². The molecule has 2 heterocycles. The molecule has 10 heteroatoms. The van der Waals surface area contributed by atoms with E-state index >= 15 is 0 Å². The largest absolute Gasteiger partial charge is 0.462 e. The van der Waals surface area contributed by atoms with Crippen molar-refractivity contribution in [3.05, 3.63) is 74.3 Å². The molecule has 8 nitrogen and oxygen atoms in total. The number of aromatic nitrogens is 1. The molecule has 0 bridgehead atoms. The number of nitro benzene ring substituents is 1. The summed E-state index contributed by atoms with van der Waals surface area (Å²) in [5.41, 5.74) is 0.181. The summed E-state index contributed by atoms with van der Waals surface area (Å²) in [4.78, 5) is 38.8. The topological polar surface area (TPSA) is 94.7 Å². The Bertz CT molecular complexity index is 1250. The first-order valence-electron chi connectivity index (χ1n) is 10.0. The third kappa shape index (κ3) is 4.05. The molecule has 0 unspecified atom stereocenters. The Morgan fingerprint density at radius 3 is 2.53 bits per heavy atom. The molecular weight excluding hydrogens is 437 g/mol. The van der Waals surface area contributed by atoms with Crippen LogP contribution in [0.15, 0.2) is 47.4 Å².